The molecule has 2 aromatic carbocycles. The van der Waals surface area contributed by atoms with Gasteiger partial charge in [-0.3, -0.25) is 0 Å². The van der Waals surface area contributed by atoms with Crippen molar-refractivity contribution in [1.82, 2.24) is 5.32 Å². The number of nitrogens with one attached hydrogen (secondary N) is 1. The standard InChI is InChI=1S/C20H27N/c1-5-9-17(4)21-20(18-10-7-6-8-11-18)19-14-15(2)12-13-16(19)3/h6-8,10-14,17,20-21H,5,9H2,1-4H3. The third kappa shape index (κ3) is 4.18. The van der Waals surface area contributed by atoms with Crippen molar-refractivity contribution in [3.63, 3.8) is 0 Å². The first kappa shape index (κ1) is 15.8. The lowest BCUT2D eigenvalue weighted by molar-refractivity contribution is 0.467. The molecule has 2 rings (SSSR count). The Labute approximate surface area is 129 Å². The van der Waals surface area contributed by atoms with E-state index in [1.54, 1.807) is 0 Å². The lowest BCUT2D eigenvalue weighted by Crippen LogP contribution is -2.31. The largest absolute Gasteiger partial charge is 0.304 e. The summed E-state index contributed by atoms with van der Waals surface area (Å²) < 4.78 is 0. The first-order chi connectivity index (χ1) is 10.1. The predicted octanol–water partition coefficient (Wildman–Crippen LogP) is 5.17. The summed E-state index contributed by atoms with van der Waals surface area (Å²) in [6.45, 7) is 8.90. The van der Waals surface area contributed by atoms with Crippen LogP contribution in [0.1, 0.15) is 55.0 Å². The molecular formula is C20H27N. The Kier molecular flexibility index (Phi) is 5.58. The third-order valence-corrected chi connectivity index (χ3v) is 4.05. The quantitative estimate of drug-likeness (QED) is 0.770. The Hall–Kier alpha value is -1.60. The SMILES string of the molecule is CCCC(C)NC(c1ccccc1)c1cc(C)ccc1C. The number of benzene rings is 2. The molecule has 0 aromatic heterocycles. The van der Waals surface area contributed by atoms with Crippen molar-refractivity contribution in [1.29, 1.82) is 0 Å². The van der Waals surface area contributed by atoms with E-state index in [2.05, 4.69) is 81.5 Å². The summed E-state index contributed by atoms with van der Waals surface area (Å²) in [5.41, 5.74) is 5.41. The van der Waals surface area contributed by atoms with Gasteiger partial charge in [0.25, 0.3) is 0 Å². The Morgan fingerprint density at radius 1 is 1.00 bits per heavy atom. The monoisotopic (exact) mass is 281 g/mol. The maximum absolute atomic E-state index is 3.82. The summed E-state index contributed by atoms with van der Waals surface area (Å²) in [6.07, 6.45) is 2.41. The molecule has 0 aliphatic heterocycles. The molecule has 0 saturated carbocycles. The molecule has 0 amide bonds. The van der Waals surface area contributed by atoms with Crippen LogP contribution < -0.4 is 5.32 Å². The van der Waals surface area contributed by atoms with Crippen molar-refractivity contribution in [2.45, 2.75) is 52.6 Å². The van der Waals surface area contributed by atoms with Gasteiger partial charge < -0.3 is 5.32 Å². The number of aryl methyl sites for hydroxylation is 2. The van der Waals surface area contributed by atoms with E-state index in [0.29, 0.717) is 6.04 Å². The zero-order valence-corrected chi connectivity index (χ0v) is 13.7. The van der Waals surface area contributed by atoms with Crippen LogP contribution in [0.2, 0.25) is 0 Å². The zero-order valence-electron chi connectivity index (χ0n) is 13.7. The van der Waals surface area contributed by atoms with Crippen molar-refractivity contribution < 1.29 is 0 Å². The average molecular weight is 281 g/mol. The Bertz CT molecular complexity index is 559. The molecule has 1 N–H and O–H groups in total. The Balaban J connectivity index is 2.38. The van der Waals surface area contributed by atoms with Crippen LogP contribution in [0.4, 0.5) is 0 Å². The van der Waals surface area contributed by atoms with Crippen molar-refractivity contribution >= 4 is 0 Å². The first-order valence-corrected chi connectivity index (χ1v) is 8.00. The molecule has 0 aliphatic carbocycles. The van der Waals surface area contributed by atoms with Gasteiger partial charge in [0, 0.05) is 6.04 Å². The summed E-state index contributed by atoms with van der Waals surface area (Å²) >= 11 is 0. The first-order valence-electron chi connectivity index (χ1n) is 8.00. The summed E-state index contributed by atoms with van der Waals surface area (Å²) in [5.74, 6) is 0. The van der Waals surface area contributed by atoms with Gasteiger partial charge in [0.05, 0.1) is 6.04 Å². The molecule has 0 saturated heterocycles. The number of rotatable bonds is 6. The lowest BCUT2D eigenvalue weighted by atomic mass is 9.92. The highest BCUT2D eigenvalue weighted by Crippen LogP contribution is 2.26. The van der Waals surface area contributed by atoms with Gasteiger partial charge in [0.2, 0.25) is 0 Å². The van der Waals surface area contributed by atoms with E-state index in [-0.39, 0.29) is 6.04 Å². The van der Waals surface area contributed by atoms with Gasteiger partial charge >= 0.3 is 0 Å². The molecule has 112 valence electrons. The predicted molar refractivity (Wildman–Crippen MR) is 91.7 cm³/mol. The zero-order chi connectivity index (χ0) is 15.2. The third-order valence-electron chi connectivity index (χ3n) is 4.05. The molecule has 2 atom stereocenters. The van der Waals surface area contributed by atoms with Gasteiger partial charge in [0.15, 0.2) is 0 Å². The Morgan fingerprint density at radius 2 is 1.71 bits per heavy atom. The van der Waals surface area contributed by atoms with Crippen LogP contribution in [-0.4, -0.2) is 6.04 Å². The fourth-order valence-electron chi connectivity index (χ4n) is 2.88. The molecule has 0 heterocycles. The molecule has 0 bridgehead atoms. The average Bonchev–Trinajstić information content (AvgIpc) is 2.49. The van der Waals surface area contributed by atoms with Crippen molar-refractivity contribution in [3.05, 3.63) is 70.8 Å². The van der Waals surface area contributed by atoms with Gasteiger partial charge in [-0.2, -0.15) is 0 Å². The van der Waals surface area contributed by atoms with Crippen LogP contribution in [0.25, 0.3) is 0 Å². The minimum atomic E-state index is 0.271. The molecule has 2 aromatic rings. The summed E-state index contributed by atoms with van der Waals surface area (Å²) in [4.78, 5) is 0. The van der Waals surface area contributed by atoms with Gasteiger partial charge in [-0.25, -0.2) is 0 Å². The minimum absolute atomic E-state index is 0.271. The van der Waals surface area contributed by atoms with Gasteiger partial charge in [0.1, 0.15) is 0 Å². The molecule has 21 heavy (non-hydrogen) atoms. The molecule has 2 unspecified atom stereocenters. The van der Waals surface area contributed by atoms with E-state index in [1.807, 2.05) is 0 Å². The minimum Gasteiger partial charge on any atom is -0.304 e. The van der Waals surface area contributed by atoms with E-state index in [0.717, 1.165) is 0 Å². The van der Waals surface area contributed by atoms with Gasteiger partial charge in [-0.05, 0) is 43.9 Å². The maximum Gasteiger partial charge on any atom is 0.0581 e. The summed E-state index contributed by atoms with van der Waals surface area (Å²) in [5, 5.41) is 3.82. The fraction of sp³-hybridized carbons (Fsp3) is 0.400. The van der Waals surface area contributed by atoms with Crippen LogP contribution in [0, 0.1) is 13.8 Å². The van der Waals surface area contributed by atoms with Crippen LogP contribution >= 0.6 is 0 Å². The fourth-order valence-corrected chi connectivity index (χ4v) is 2.88. The second-order valence-corrected chi connectivity index (χ2v) is 6.06. The highest BCUT2D eigenvalue weighted by molar-refractivity contribution is 5.39. The van der Waals surface area contributed by atoms with Crippen molar-refractivity contribution in [2.24, 2.45) is 0 Å². The van der Waals surface area contributed by atoms with Crippen LogP contribution in [0.5, 0.6) is 0 Å². The molecule has 0 fully saturated rings. The lowest BCUT2D eigenvalue weighted by Gasteiger charge is -2.26. The van der Waals surface area contributed by atoms with Gasteiger partial charge in [-0.15, -0.1) is 0 Å². The van der Waals surface area contributed by atoms with Crippen LogP contribution in [0.15, 0.2) is 48.5 Å². The smallest absolute Gasteiger partial charge is 0.0581 e. The maximum atomic E-state index is 3.82. The second-order valence-electron chi connectivity index (χ2n) is 6.06. The van der Waals surface area contributed by atoms with E-state index in [4.69, 9.17) is 0 Å². The molecule has 0 spiro atoms. The highest BCUT2D eigenvalue weighted by Gasteiger charge is 2.18. The highest BCUT2D eigenvalue weighted by atomic mass is 14.9. The number of hydrogen-bond acceptors (Lipinski definition) is 1. The molecule has 1 heteroatoms. The summed E-state index contributed by atoms with van der Waals surface area (Å²) in [6, 6.07) is 18.3. The normalized spacial score (nSPS) is 13.9. The van der Waals surface area contributed by atoms with Crippen molar-refractivity contribution in [3.8, 4) is 0 Å². The van der Waals surface area contributed by atoms with E-state index in [1.165, 1.54) is 35.1 Å². The number of hydrogen-bond donors (Lipinski definition) is 1. The Morgan fingerprint density at radius 3 is 2.38 bits per heavy atom. The summed E-state index contributed by atoms with van der Waals surface area (Å²) in [7, 11) is 0. The van der Waals surface area contributed by atoms with Crippen molar-refractivity contribution in [2.75, 3.05) is 0 Å². The topological polar surface area (TPSA) is 12.0 Å². The second kappa shape index (κ2) is 7.42. The molecule has 0 radical (unpaired) electrons. The molecular weight excluding hydrogens is 254 g/mol. The van der Waals surface area contributed by atoms with Gasteiger partial charge in [-0.1, -0.05) is 67.4 Å². The van der Waals surface area contributed by atoms with Crippen LogP contribution in [0.3, 0.4) is 0 Å². The van der Waals surface area contributed by atoms with E-state index < -0.39 is 0 Å². The van der Waals surface area contributed by atoms with E-state index in [9.17, 15) is 0 Å². The molecule has 0 aliphatic rings. The van der Waals surface area contributed by atoms with Crippen LogP contribution in [-0.2, 0) is 0 Å². The van der Waals surface area contributed by atoms with E-state index >= 15 is 0 Å². The molecule has 1 nitrogen and oxygen atoms in total.